The van der Waals surface area contributed by atoms with E-state index in [1.807, 2.05) is 0 Å². The first-order valence-electron chi connectivity index (χ1n) is 6.38. The van der Waals surface area contributed by atoms with Gasteiger partial charge in [0.05, 0.1) is 0 Å². The summed E-state index contributed by atoms with van der Waals surface area (Å²) in [4.78, 5) is 10.8. The second-order valence-electron chi connectivity index (χ2n) is 5.18. The summed E-state index contributed by atoms with van der Waals surface area (Å²) in [7, 11) is 2.14. The van der Waals surface area contributed by atoms with E-state index in [0.29, 0.717) is 17.8 Å². The van der Waals surface area contributed by atoms with Crippen LogP contribution in [0.4, 0.5) is 11.6 Å². The van der Waals surface area contributed by atoms with Crippen molar-refractivity contribution in [1.29, 1.82) is 0 Å². The van der Waals surface area contributed by atoms with E-state index in [-0.39, 0.29) is 0 Å². The van der Waals surface area contributed by atoms with Crippen LogP contribution in [-0.4, -0.2) is 41.0 Å². The Morgan fingerprint density at radius 3 is 2.67 bits per heavy atom. The van der Waals surface area contributed by atoms with Crippen LogP contribution in [0.2, 0.25) is 0 Å². The summed E-state index contributed by atoms with van der Waals surface area (Å²) in [6.45, 7) is 6.41. The summed E-state index contributed by atoms with van der Waals surface area (Å²) >= 11 is 0. The minimum Gasteiger partial charge on any atom is -0.366 e. The molecule has 1 aromatic heterocycles. The van der Waals surface area contributed by atoms with E-state index >= 15 is 0 Å². The van der Waals surface area contributed by atoms with Crippen LogP contribution in [0, 0.1) is 0 Å². The number of hydrogen-bond acceptors (Lipinski definition) is 6. The summed E-state index contributed by atoms with van der Waals surface area (Å²) in [6, 6.07) is 0.452. The van der Waals surface area contributed by atoms with E-state index in [9.17, 15) is 0 Å². The Kier molecular flexibility index (Phi) is 3.98. The van der Waals surface area contributed by atoms with Crippen molar-refractivity contribution < 1.29 is 0 Å². The fraction of sp³-hybridized carbons (Fsp3) is 0.667. The van der Waals surface area contributed by atoms with Gasteiger partial charge in [0, 0.05) is 18.2 Å². The monoisotopic (exact) mass is 250 g/mol. The Balaban J connectivity index is 2.21. The van der Waals surface area contributed by atoms with Crippen molar-refractivity contribution in [2.45, 2.75) is 32.2 Å². The zero-order valence-electron chi connectivity index (χ0n) is 11.3. The smallest absolute Gasteiger partial charge is 0.148 e. The second kappa shape index (κ2) is 5.49. The normalized spacial score (nSPS) is 20.4. The zero-order valence-corrected chi connectivity index (χ0v) is 11.3. The number of hydrogen-bond donors (Lipinski definition) is 3. The fourth-order valence-corrected chi connectivity index (χ4v) is 2.42. The third-order valence-corrected chi connectivity index (χ3v) is 3.33. The maximum Gasteiger partial charge on any atom is 0.148 e. The molecule has 1 saturated heterocycles. The van der Waals surface area contributed by atoms with Gasteiger partial charge < -0.3 is 15.6 Å². The number of likely N-dealkylation sites (N-methyl/N-ethyl adjacent to an activating group) is 1. The average molecular weight is 250 g/mol. The minimum atomic E-state index is 0.318. The van der Waals surface area contributed by atoms with E-state index in [1.54, 1.807) is 6.33 Å². The Bertz CT molecular complexity index is 406. The largest absolute Gasteiger partial charge is 0.366 e. The van der Waals surface area contributed by atoms with Crippen LogP contribution >= 0.6 is 0 Å². The number of nitrogen functional groups attached to an aromatic ring is 1. The van der Waals surface area contributed by atoms with E-state index < -0.39 is 0 Å². The van der Waals surface area contributed by atoms with Crippen molar-refractivity contribution in [3.63, 3.8) is 0 Å². The van der Waals surface area contributed by atoms with Gasteiger partial charge in [0.25, 0.3) is 0 Å². The average Bonchev–Trinajstić information content (AvgIpc) is 2.74. The van der Waals surface area contributed by atoms with Crippen molar-refractivity contribution in [1.82, 2.24) is 14.9 Å². The molecule has 2 heterocycles. The molecule has 1 aliphatic rings. The van der Waals surface area contributed by atoms with E-state index in [4.69, 9.17) is 5.84 Å². The first-order valence-corrected chi connectivity index (χ1v) is 6.38. The molecule has 0 saturated carbocycles. The van der Waals surface area contributed by atoms with E-state index in [1.165, 1.54) is 0 Å². The van der Waals surface area contributed by atoms with Gasteiger partial charge in [0.1, 0.15) is 18.0 Å². The number of nitrogens with two attached hydrogens (primary N) is 1. The molecule has 0 spiro atoms. The highest BCUT2D eigenvalue weighted by Gasteiger charge is 2.22. The third kappa shape index (κ3) is 2.70. The third-order valence-electron chi connectivity index (χ3n) is 3.33. The highest BCUT2D eigenvalue weighted by Crippen LogP contribution is 2.28. The number of likely N-dealkylation sites (tertiary alicyclic amines) is 1. The van der Waals surface area contributed by atoms with E-state index in [0.717, 1.165) is 30.9 Å². The Hall–Kier alpha value is -1.40. The first-order chi connectivity index (χ1) is 8.61. The number of nitrogens with one attached hydrogen (secondary N) is 2. The molecular weight excluding hydrogens is 228 g/mol. The lowest BCUT2D eigenvalue weighted by molar-refractivity contribution is 0.414. The molecule has 1 fully saturated rings. The number of rotatable bonds is 4. The maximum absolute atomic E-state index is 5.51. The van der Waals surface area contributed by atoms with Gasteiger partial charge in [0.15, 0.2) is 0 Å². The molecule has 0 aliphatic carbocycles. The lowest BCUT2D eigenvalue weighted by atomic mass is 10.0. The molecule has 0 aromatic carbocycles. The molecule has 6 heteroatoms. The van der Waals surface area contributed by atoms with Gasteiger partial charge in [-0.25, -0.2) is 15.8 Å². The fourth-order valence-electron chi connectivity index (χ4n) is 2.42. The molecule has 6 nitrogen and oxygen atoms in total. The maximum atomic E-state index is 5.51. The standard InChI is InChI=1S/C12H22N6/c1-8(2)10-11(14-7-15-12(10)17-13)16-9-4-5-18(3)6-9/h7-9H,4-6,13H2,1-3H3,(H2,14,15,16,17). The van der Waals surface area contributed by atoms with Crippen molar-refractivity contribution in [3.8, 4) is 0 Å². The summed E-state index contributed by atoms with van der Waals surface area (Å²) < 4.78 is 0. The first kappa shape index (κ1) is 13.0. The molecule has 2 rings (SSSR count). The number of hydrazine groups is 1. The summed E-state index contributed by atoms with van der Waals surface area (Å²) in [5.74, 6) is 7.43. The van der Waals surface area contributed by atoms with Gasteiger partial charge in [-0.3, -0.25) is 0 Å². The van der Waals surface area contributed by atoms with Crippen LogP contribution in [0.15, 0.2) is 6.33 Å². The number of anilines is 2. The summed E-state index contributed by atoms with van der Waals surface area (Å²) in [5, 5.41) is 3.51. The van der Waals surface area contributed by atoms with Gasteiger partial charge in [-0.15, -0.1) is 0 Å². The van der Waals surface area contributed by atoms with Gasteiger partial charge in [-0.1, -0.05) is 13.8 Å². The molecule has 1 aliphatic heterocycles. The Morgan fingerprint density at radius 2 is 2.11 bits per heavy atom. The lowest BCUT2D eigenvalue weighted by Gasteiger charge is -2.19. The van der Waals surface area contributed by atoms with Crippen LogP contribution in [0.3, 0.4) is 0 Å². The van der Waals surface area contributed by atoms with Crippen molar-refractivity contribution in [2.24, 2.45) is 5.84 Å². The van der Waals surface area contributed by atoms with Crippen LogP contribution in [0.25, 0.3) is 0 Å². The highest BCUT2D eigenvalue weighted by molar-refractivity contribution is 5.58. The summed E-state index contributed by atoms with van der Waals surface area (Å²) in [6.07, 6.45) is 2.69. The highest BCUT2D eigenvalue weighted by atomic mass is 15.3. The molecule has 0 bridgehead atoms. The SMILES string of the molecule is CC(C)c1c(NN)ncnc1NC1CCN(C)C1. The number of nitrogens with zero attached hydrogens (tertiary/aromatic N) is 3. The molecule has 0 amide bonds. The van der Waals surface area contributed by atoms with Crippen LogP contribution < -0.4 is 16.6 Å². The van der Waals surface area contributed by atoms with Crippen molar-refractivity contribution in [2.75, 3.05) is 30.9 Å². The Morgan fingerprint density at radius 1 is 1.39 bits per heavy atom. The van der Waals surface area contributed by atoms with Crippen LogP contribution in [-0.2, 0) is 0 Å². The lowest BCUT2D eigenvalue weighted by Crippen LogP contribution is -2.25. The van der Waals surface area contributed by atoms with Gasteiger partial charge in [0.2, 0.25) is 0 Å². The minimum absolute atomic E-state index is 0.318. The van der Waals surface area contributed by atoms with Gasteiger partial charge in [-0.05, 0) is 25.9 Å². The Labute approximate surface area is 108 Å². The van der Waals surface area contributed by atoms with Crippen LogP contribution in [0.1, 0.15) is 31.7 Å². The van der Waals surface area contributed by atoms with Crippen LogP contribution in [0.5, 0.6) is 0 Å². The molecule has 4 N–H and O–H groups in total. The second-order valence-corrected chi connectivity index (χ2v) is 5.18. The quantitative estimate of drug-likeness (QED) is 0.546. The van der Waals surface area contributed by atoms with Crippen molar-refractivity contribution in [3.05, 3.63) is 11.9 Å². The molecular formula is C12H22N6. The predicted octanol–water partition coefficient (Wildman–Crippen LogP) is 1.00. The molecule has 1 atom stereocenters. The summed E-state index contributed by atoms with van der Waals surface area (Å²) in [5.41, 5.74) is 3.70. The predicted molar refractivity (Wildman–Crippen MR) is 73.5 cm³/mol. The van der Waals surface area contributed by atoms with Gasteiger partial charge >= 0.3 is 0 Å². The topological polar surface area (TPSA) is 79.1 Å². The molecule has 100 valence electrons. The molecule has 1 unspecified atom stereocenters. The van der Waals surface area contributed by atoms with Crippen molar-refractivity contribution >= 4 is 11.6 Å². The van der Waals surface area contributed by atoms with E-state index in [2.05, 4.69) is 46.5 Å². The molecule has 1 aromatic rings. The van der Waals surface area contributed by atoms with Gasteiger partial charge in [-0.2, -0.15) is 0 Å². The zero-order chi connectivity index (χ0) is 13.1. The molecule has 18 heavy (non-hydrogen) atoms. The molecule has 0 radical (unpaired) electrons. The number of aromatic nitrogens is 2.